The van der Waals surface area contributed by atoms with Crippen molar-refractivity contribution in [2.75, 3.05) is 0 Å². The molecule has 0 heterocycles. The van der Waals surface area contributed by atoms with Gasteiger partial charge in [-0.15, -0.1) is 0 Å². The van der Waals surface area contributed by atoms with Gasteiger partial charge in [0.1, 0.15) is 17.9 Å². The highest BCUT2D eigenvalue weighted by Gasteiger charge is 2.35. The van der Waals surface area contributed by atoms with E-state index in [2.05, 4.69) is 5.09 Å². The molecular formula is C20H25ClNO4P. The Morgan fingerprint density at radius 2 is 1.81 bits per heavy atom. The van der Waals surface area contributed by atoms with Gasteiger partial charge in [0.25, 0.3) is 0 Å². The van der Waals surface area contributed by atoms with Gasteiger partial charge in [0.2, 0.25) is 0 Å². The van der Waals surface area contributed by atoms with E-state index in [0.29, 0.717) is 5.75 Å². The molecule has 0 spiro atoms. The van der Waals surface area contributed by atoms with Crippen molar-refractivity contribution >= 4 is 34.9 Å². The Morgan fingerprint density at radius 3 is 2.52 bits per heavy atom. The summed E-state index contributed by atoms with van der Waals surface area (Å²) in [6.45, 7) is -0.107. The first-order valence-corrected chi connectivity index (χ1v) is 11.8. The lowest BCUT2D eigenvalue weighted by Crippen LogP contribution is -2.41. The summed E-state index contributed by atoms with van der Waals surface area (Å²) in [5.74, 6) is -0.174. The van der Waals surface area contributed by atoms with Crippen LogP contribution < -0.4 is 9.61 Å². The van der Waals surface area contributed by atoms with Crippen LogP contribution in [0.4, 0.5) is 0 Å². The summed E-state index contributed by atoms with van der Waals surface area (Å²) in [6.07, 6.45) is 3.82. The zero-order valence-corrected chi connectivity index (χ0v) is 17.2. The number of nitrogens with one attached hydrogen (secondary N) is 1. The molecule has 7 heteroatoms. The van der Waals surface area contributed by atoms with Crippen molar-refractivity contribution in [1.29, 1.82) is 0 Å². The number of carbonyl (C=O) groups is 1. The number of hydrogen-bond acceptors (Lipinski definition) is 4. The molecule has 0 radical (unpaired) electrons. The average molecular weight is 410 g/mol. The summed E-state index contributed by atoms with van der Waals surface area (Å²) in [5.41, 5.74) is 0. The summed E-state index contributed by atoms with van der Waals surface area (Å²) >= 11 is 6.19. The molecule has 1 N–H and O–H groups in total. The van der Waals surface area contributed by atoms with Crippen molar-refractivity contribution in [3.8, 4) is 5.75 Å². The molecular weight excluding hydrogens is 385 g/mol. The van der Waals surface area contributed by atoms with Crippen LogP contribution in [0, 0.1) is 5.92 Å². The van der Waals surface area contributed by atoms with Crippen molar-refractivity contribution in [2.24, 2.45) is 5.92 Å². The number of esters is 1. The first kappa shape index (κ1) is 20.2. The maximum absolute atomic E-state index is 12.9. The van der Waals surface area contributed by atoms with Crippen LogP contribution in [-0.4, -0.2) is 18.1 Å². The lowest BCUT2D eigenvalue weighted by Gasteiger charge is -2.25. The van der Waals surface area contributed by atoms with Gasteiger partial charge >= 0.3 is 12.8 Å². The van der Waals surface area contributed by atoms with Crippen LogP contribution >= 0.6 is 18.1 Å². The van der Waals surface area contributed by atoms with E-state index >= 15 is 0 Å². The minimum atomic E-state index is -3.81. The number of ether oxygens (including phenoxy) is 1. The minimum Gasteiger partial charge on any atom is -0.461 e. The Labute approximate surface area is 164 Å². The van der Waals surface area contributed by atoms with E-state index in [0.717, 1.165) is 36.5 Å². The monoisotopic (exact) mass is 409 g/mol. The van der Waals surface area contributed by atoms with E-state index < -0.39 is 18.9 Å². The zero-order chi connectivity index (χ0) is 19.4. The Bertz CT molecular complexity index is 845. The molecule has 0 aliphatic heterocycles. The van der Waals surface area contributed by atoms with Crippen LogP contribution in [-0.2, 0) is 14.1 Å². The van der Waals surface area contributed by atoms with E-state index in [1.807, 2.05) is 50.2 Å². The number of benzene rings is 2. The highest BCUT2D eigenvalue weighted by Crippen LogP contribution is 2.50. The normalized spacial score (nSPS) is 18.4. The highest BCUT2D eigenvalue weighted by molar-refractivity contribution is 7.84. The molecule has 1 aliphatic carbocycles. The van der Waals surface area contributed by atoms with Gasteiger partial charge in [-0.05, 0) is 43.1 Å². The highest BCUT2D eigenvalue weighted by atomic mass is 35.7. The standard InChI is InChI=1S/C20H25ClNO4P/c1-14(2)19(20(23)25-16-10-4-5-11-16)22-27(21,24)26-18-13-7-9-15-8-3-6-12-17(15)18/h3,6-9,12-14,16,19H,4-5,10-11H2,1-2H3,(H,22,24). The Balaban J connectivity index is 1.74. The van der Waals surface area contributed by atoms with E-state index in [9.17, 15) is 9.36 Å². The fourth-order valence-electron chi connectivity index (χ4n) is 3.31. The summed E-state index contributed by atoms with van der Waals surface area (Å²) in [6, 6.07) is 12.2. The fourth-order valence-corrected chi connectivity index (χ4v) is 5.05. The molecule has 1 saturated carbocycles. The Hall–Kier alpha value is -1.55. The molecule has 27 heavy (non-hydrogen) atoms. The second-order valence-electron chi connectivity index (χ2n) is 7.24. The number of halogens is 1. The molecule has 5 nitrogen and oxygen atoms in total. The molecule has 146 valence electrons. The van der Waals surface area contributed by atoms with E-state index in [1.54, 1.807) is 6.07 Å². The smallest absolute Gasteiger partial charge is 0.409 e. The van der Waals surface area contributed by atoms with Crippen LogP contribution in [0.25, 0.3) is 10.8 Å². The van der Waals surface area contributed by atoms with Crippen molar-refractivity contribution in [2.45, 2.75) is 51.7 Å². The Kier molecular flexibility index (Phi) is 6.46. The van der Waals surface area contributed by atoms with Gasteiger partial charge in [-0.25, -0.2) is 9.65 Å². The number of hydrogen-bond donors (Lipinski definition) is 1. The third kappa shape index (κ3) is 5.25. The lowest BCUT2D eigenvalue weighted by molar-refractivity contribution is -0.152. The van der Waals surface area contributed by atoms with Gasteiger partial charge in [-0.1, -0.05) is 50.2 Å². The first-order chi connectivity index (χ1) is 12.9. The number of fused-ring (bicyclic) bond motifs is 1. The first-order valence-electron chi connectivity index (χ1n) is 9.31. The van der Waals surface area contributed by atoms with Gasteiger partial charge in [0, 0.05) is 16.6 Å². The average Bonchev–Trinajstić information content (AvgIpc) is 3.12. The molecule has 1 aliphatic rings. The number of rotatable bonds is 7. The second kappa shape index (κ2) is 8.64. The molecule has 0 aromatic heterocycles. The topological polar surface area (TPSA) is 64.6 Å². The second-order valence-corrected chi connectivity index (χ2v) is 9.98. The molecule has 2 aromatic carbocycles. The van der Waals surface area contributed by atoms with Crippen LogP contribution in [0.2, 0.25) is 0 Å². The third-order valence-electron chi connectivity index (χ3n) is 4.76. The zero-order valence-electron chi connectivity index (χ0n) is 15.6. The Morgan fingerprint density at radius 1 is 1.15 bits per heavy atom. The molecule has 0 amide bonds. The predicted octanol–water partition coefficient (Wildman–Crippen LogP) is 5.67. The number of carbonyl (C=O) groups excluding carboxylic acids is 1. The van der Waals surface area contributed by atoms with Crippen LogP contribution in [0.3, 0.4) is 0 Å². The summed E-state index contributed by atoms with van der Waals surface area (Å²) in [4.78, 5) is 12.6. The molecule has 2 aromatic rings. The maximum atomic E-state index is 12.9. The van der Waals surface area contributed by atoms with Crippen LogP contribution in [0.15, 0.2) is 42.5 Å². The summed E-state index contributed by atoms with van der Waals surface area (Å²) in [7, 11) is 0. The molecule has 2 unspecified atom stereocenters. The maximum Gasteiger partial charge on any atom is 0.409 e. The molecule has 0 bridgehead atoms. The van der Waals surface area contributed by atoms with E-state index in [1.165, 1.54) is 0 Å². The van der Waals surface area contributed by atoms with E-state index in [4.69, 9.17) is 20.5 Å². The fraction of sp³-hybridized carbons (Fsp3) is 0.450. The van der Waals surface area contributed by atoms with Gasteiger partial charge in [-0.2, -0.15) is 0 Å². The van der Waals surface area contributed by atoms with Gasteiger partial charge in [-0.3, -0.25) is 4.79 Å². The lowest BCUT2D eigenvalue weighted by atomic mass is 10.1. The van der Waals surface area contributed by atoms with Crippen molar-refractivity contribution in [1.82, 2.24) is 5.09 Å². The summed E-state index contributed by atoms with van der Waals surface area (Å²) in [5, 5.41) is 4.46. The molecule has 0 saturated heterocycles. The van der Waals surface area contributed by atoms with Gasteiger partial charge < -0.3 is 9.26 Å². The quantitative estimate of drug-likeness (QED) is 0.471. The molecule has 1 fully saturated rings. The molecule has 3 rings (SSSR count). The van der Waals surface area contributed by atoms with Gasteiger partial charge in [0.05, 0.1) is 0 Å². The SMILES string of the molecule is CC(C)C(NP(=O)(Cl)Oc1cccc2ccccc12)C(=O)OC1CCCC1. The van der Waals surface area contributed by atoms with Crippen LogP contribution in [0.1, 0.15) is 39.5 Å². The third-order valence-corrected chi connectivity index (χ3v) is 6.28. The van der Waals surface area contributed by atoms with Crippen molar-refractivity contribution in [3.05, 3.63) is 42.5 Å². The minimum absolute atomic E-state index is 0.0609. The van der Waals surface area contributed by atoms with Crippen LogP contribution in [0.5, 0.6) is 5.75 Å². The molecule has 2 atom stereocenters. The predicted molar refractivity (Wildman–Crippen MR) is 108 cm³/mol. The van der Waals surface area contributed by atoms with Gasteiger partial charge in [0.15, 0.2) is 0 Å². The van der Waals surface area contributed by atoms with Crippen molar-refractivity contribution in [3.63, 3.8) is 0 Å². The van der Waals surface area contributed by atoms with E-state index in [-0.39, 0.29) is 12.0 Å². The van der Waals surface area contributed by atoms with Crippen molar-refractivity contribution < 1.29 is 18.6 Å². The largest absolute Gasteiger partial charge is 0.461 e. The summed E-state index contributed by atoms with van der Waals surface area (Å²) < 4.78 is 24.1.